The van der Waals surface area contributed by atoms with Gasteiger partial charge < -0.3 is 9.47 Å². The molecule has 0 bridgehead atoms. The first kappa shape index (κ1) is 12.7. The Morgan fingerprint density at radius 1 is 1.36 bits per heavy atom. The molecule has 0 fully saturated rings. The van der Waals surface area contributed by atoms with Crippen molar-refractivity contribution in [3.05, 3.63) is 0 Å². The molecule has 0 saturated heterocycles. The minimum absolute atomic E-state index is 0.686. The second kappa shape index (κ2) is 4.83. The Morgan fingerprint density at radius 3 is 2.21 bits per heavy atom. The van der Waals surface area contributed by atoms with Crippen molar-refractivity contribution in [1.82, 2.24) is 0 Å². The van der Waals surface area contributed by atoms with Crippen molar-refractivity contribution < 1.29 is 32.2 Å². The molecule has 0 aromatic carbocycles. The molecule has 0 heterocycles. The van der Waals surface area contributed by atoms with Crippen LogP contribution in [0.15, 0.2) is 0 Å². The van der Waals surface area contributed by atoms with Crippen LogP contribution < -0.4 is 0 Å². The molecule has 0 aliphatic heterocycles. The van der Waals surface area contributed by atoms with Gasteiger partial charge in [0.25, 0.3) is 0 Å². The monoisotopic (exact) mass is 214 g/mol. The zero-order chi connectivity index (χ0) is 11.4. The molecule has 0 aromatic heterocycles. The van der Waals surface area contributed by atoms with Gasteiger partial charge in [0.05, 0.1) is 0 Å². The molecule has 0 aliphatic rings. The summed E-state index contributed by atoms with van der Waals surface area (Å²) in [6.45, 7) is 0.905. The molecule has 0 radical (unpaired) electrons. The van der Waals surface area contributed by atoms with Crippen molar-refractivity contribution in [3.63, 3.8) is 0 Å². The molecular weight excluding hydrogens is 205 g/mol. The van der Waals surface area contributed by atoms with Gasteiger partial charge in [0.1, 0.15) is 0 Å². The predicted octanol–water partition coefficient (Wildman–Crippen LogP) is 1.04. The first-order valence-electron chi connectivity index (χ1n) is 3.63. The summed E-state index contributed by atoms with van der Waals surface area (Å²) in [5.41, 5.74) is 0. The lowest BCUT2D eigenvalue weighted by Crippen LogP contribution is -2.32. The van der Waals surface area contributed by atoms with E-state index in [-0.39, 0.29) is 0 Å². The lowest BCUT2D eigenvalue weighted by atomic mass is 10.4. The van der Waals surface area contributed by atoms with Gasteiger partial charge in [-0.3, -0.25) is 4.79 Å². The first-order chi connectivity index (χ1) is 6.23. The smallest absolute Gasteiger partial charge is 0.425 e. The van der Waals surface area contributed by atoms with Gasteiger partial charge in [0.2, 0.25) is 0 Å². The van der Waals surface area contributed by atoms with E-state index in [0.29, 0.717) is 6.92 Å². The molecule has 0 saturated carbocycles. The van der Waals surface area contributed by atoms with Crippen molar-refractivity contribution in [1.29, 1.82) is 0 Å². The maximum atomic E-state index is 11.8. The standard InChI is InChI=1S/C7H9F3O4/c1-4(7(8,9)10)14-6(12)3-13-5(2)11/h4H,3H2,1-2H3. The third kappa shape index (κ3) is 5.39. The van der Waals surface area contributed by atoms with E-state index in [9.17, 15) is 22.8 Å². The van der Waals surface area contributed by atoms with Gasteiger partial charge in [0.15, 0.2) is 12.7 Å². The lowest BCUT2D eigenvalue weighted by molar-refractivity contribution is -0.218. The molecule has 0 aliphatic carbocycles. The summed E-state index contributed by atoms with van der Waals surface area (Å²) in [5.74, 6) is -1.99. The summed E-state index contributed by atoms with van der Waals surface area (Å²) < 4.78 is 43.5. The Bertz CT molecular complexity index is 223. The van der Waals surface area contributed by atoms with E-state index >= 15 is 0 Å². The predicted molar refractivity (Wildman–Crippen MR) is 38.2 cm³/mol. The minimum atomic E-state index is -4.61. The third-order valence-corrected chi connectivity index (χ3v) is 1.16. The van der Waals surface area contributed by atoms with Crippen LogP contribution in [0.3, 0.4) is 0 Å². The number of carbonyl (C=O) groups excluding carboxylic acids is 2. The van der Waals surface area contributed by atoms with Crippen LogP contribution in [0, 0.1) is 0 Å². The summed E-state index contributed by atoms with van der Waals surface area (Å²) in [7, 11) is 0. The summed E-state index contributed by atoms with van der Waals surface area (Å²) >= 11 is 0. The van der Waals surface area contributed by atoms with Crippen LogP contribution in [-0.2, 0) is 19.1 Å². The first-order valence-corrected chi connectivity index (χ1v) is 3.63. The molecule has 4 nitrogen and oxygen atoms in total. The van der Waals surface area contributed by atoms with Gasteiger partial charge in [-0.05, 0) is 6.92 Å². The molecule has 1 atom stereocenters. The molecular formula is C7H9F3O4. The largest absolute Gasteiger partial charge is 0.454 e. The number of ether oxygens (including phenoxy) is 2. The average molecular weight is 214 g/mol. The lowest BCUT2D eigenvalue weighted by Gasteiger charge is -2.15. The summed E-state index contributed by atoms with van der Waals surface area (Å²) in [4.78, 5) is 20.8. The Morgan fingerprint density at radius 2 is 1.86 bits per heavy atom. The maximum Gasteiger partial charge on any atom is 0.425 e. The molecule has 0 N–H and O–H groups in total. The summed E-state index contributed by atoms with van der Waals surface area (Å²) in [6.07, 6.45) is -6.81. The van der Waals surface area contributed by atoms with Gasteiger partial charge in [-0.1, -0.05) is 0 Å². The molecule has 82 valence electrons. The fourth-order valence-corrected chi connectivity index (χ4v) is 0.459. The normalized spacial score (nSPS) is 13.2. The van der Waals surface area contributed by atoms with Crippen molar-refractivity contribution in [2.75, 3.05) is 6.61 Å². The SMILES string of the molecule is CC(=O)OCC(=O)OC(C)C(F)(F)F. The summed E-state index contributed by atoms with van der Waals surface area (Å²) in [5, 5.41) is 0. The molecule has 7 heteroatoms. The number of halogens is 3. The number of carbonyl (C=O) groups is 2. The molecule has 0 spiro atoms. The zero-order valence-corrected chi connectivity index (χ0v) is 7.55. The zero-order valence-electron chi connectivity index (χ0n) is 7.55. The third-order valence-electron chi connectivity index (χ3n) is 1.16. The van der Waals surface area contributed by atoms with Crippen LogP contribution in [0.2, 0.25) is 0 Å². The highest BCUT2D eigenvalue weighted by Crippen LogP contribution is 2.22. The minimum Gasteiger partial charge on any atom is -0.454 e. The van der Waals surface area contributed by atoms with Gasteiger partial charge in [-0.25, -0.2) is 4.79 Å². The maximum absolute atomic E-state index is 11.8. The Hall–Kier alpha value is -1.27. The topological polar surface area (TPSA) is 52.6 Å². The van der Waals surface area contributed by atoms with E-state index in [0.717, 1.165) is 6.92 Å². The molecule has 14 heavy (non-hydrogen) atoms. The van der Waals surface area contributed by atoms with E-state index < -0.39 is 30.8 Å². The van der Waals surface area contributed by atoms with Crippen LogP contribution in [0.25, 0.3) is 0 Å². The van der Waals surface area contributed by atoms with Crippen LogP contribution >= 0.6 is 0 Å². The van der Waals surface area contributed by atoms with E-state index in [4.69, 9.17) is 0 Å². The number of alkyl halides is 3. The van der Waals surface area contributed by atoms with E-state index in [1.165, 1.54) is 0 Å². The fourth-order valence-electron chi connectivity index (χ4n) is 0.459. The van der Waals surface area contributed by atoms with Crippen LogP contribution in [-0.4, -0.2) is 30.8 Å². The van der Waals surface area contributed by atoms with Crippen LogP contribution in [0.5, 0.6) is 0 Å². The van der Waals surface area contributed by atoms with E-state index in [1.807, 2.05) is 0 Å². The van der Waals surface area contributed by atoms with Gasteiger partial charge in [-0.2, -0.15) is 13.2 Å². The number of rotatable bonds is 3. The Balaban J connectivity index is 3.89. The Kier molecular flexibility index (Phi) is 4.39. The van der Waals surface area contributed by atoms with Crippen molar-refractivity contribution in [2.45, 2.75) is 26.1 Å². The molecule has 0 amide bonds. The quantitative estimate of drug-likeness (QED) is 0.659. The highest BCUT2D eigenvalue weighted by Gasteiger charge is 2.39. The second-order valence-electron chi connectivity index (χ2n) is 2.45. The van der Waals surface area contributed by atoms with Crippen LogP contribution in [0.4, 0.5) is 13.2 Å². The van der Waals surface area contributed by atoms with Gasteiger partial charge in [-0.15, -0.1) is 0 Å². The van der Waals surface area contributed by atoms with Crippen LogP contribution in [0.1, 0.15) is 13.8 Å². The van der Waals surface area contributed by atoms with Crippen molar-refractivity contribution in [2.24, 2.45) is 0 Å². The van der Waals surface area contributed by atoms with E-state index in [1.54, 1.807) is 0 Å². The van der Waals surface area contributed by atoms with Crippen molar-refractivity contribution >= 4 is 11.9 Å². The van der Waals surface area contributed by atoms with Gasteiger partial charge >= 0.3 is 18.1 Å². The van der Waals surface area contributed by atoms with Crippen molar-refractivity contribution in [3.8, 4) is 0 Å². The van der Waals surface area contributed by atoms with E-state index in [2.05, 4.69) is 9.47 Å². The molecule has 0 rings (SSSR count). The molecule has 0 aromatic rings. The van der Waals surface area contributed by atoms with Gasteiger partial charge in [0, 0.05) is 6.92 Å². The number of esters is 2. The average Bonchev–Trinajstić information content (AvgIpc) is 1.99. The number of hydrogen-bond acceptors (Lipinski definition) is 4. The Labute approximate surface area is 78.0 Å². The molecule has 1 unspecified atom stereocenters. The summed E-state index contributed by atoms with van der Waals surface area (Å²) in [6, 6.07) is 0. The number of hydrogen-bond donors (Lipinski definition) is 0. The fraction of sp³-hybridized carbons (Fsp3) is 0.714. The second-order valence-corrected chi connectivity index (χ2v) is 2.45. The highest BCUT2D eigenvalue weighted by molar-refractivity contribution is 5.75. The highest BCUT2D eigenvalue weighted by atomic mass is 19.4.